The first kappa shape index (κ1) is 19.0. The van der Waals surface area contributed by atoms with Gasteiger partial charge in [0.1, 0.15) is 0 Å². The van der Waals surface area contributed by atoms with Crippen molar-refractivity contribution in [2.24, 2.45) is 5.73 Å². The fourth-order valence-electron chi connectivity index (χ4n) is 0.398. The second-order valence-corrected chi connectivity index (χ2v) is 2.60. The molecule has 0 spiro atoms. The number of carboxylic acid groups (broad SMARTS) is 1. The maximum atomic E-state index is 9.72. The predicted octanol–water partition coefficient (Wildman–Crippen LogP) is -1.80. The third-order valence-corrected chi connectivity index (χ3v) is 1.23. The summed E-state index contributed by atoms with van der Waals surface area (Å²) in [6.07, 6.45) is 2.00. The third kappa shape index (κ3) is 22.5. The number of rotatable bonds is 7. The topological polar surface area (TPSA) is 122 Å². The van der Waals surface area contributed by atoms with Crippen LogP contribution in [0.25, 0.3) is 0 Å². The van der Waals surface area contributed by atoms with Crippen LogP contribution in [-0.2, 0) is 14.4 Å². The molecule has 0 bridgehead atoms. The molecule has 0 aliphatic rings. The van der Waals surface area contributed by atoms with Gasteiger partial charge >= 0.3 is 5.97 Å². The van der Waals surface area contributed by atoms with E-state index < -0.39 is 5.97 Å². The molecule has 5 N–H and O–H groups in total. The molecule has 0 aromatic heterocycles. The molecule has 8 heteroatoms. The zero-order valence-corrected chi connectivity index (χ0v) is 11.2. The summed E-state index contributed by atoms with van der Waals surface area (Å²) in [5.74, 6) is -0.903. The number of nitrogens with one attached hydrogen (secondary N) is 2. The van der Waals surface area contributed by atoms with Gasteiger partial charge in [-0.1, -0.05) is 0 Å². The van der Waals surface area contributed by atoms with Crippen LogP contribution < -0.4 is 16.4 Å². The first-order valence-electron chi connectivity index (χ1n) is 4.30. The maximum Gasteiger partial charge on any atom is 0.305 e. The van der Waals surface area contributed by atoms with Crippen LogP contribution in [0.1, 0.15) is 13.3 Å². The Labute approximate surface area is 88.0 Å². The Balaban J connectivity index is -0.000000200. The molecule has 0 radical (unpaired) electrons. The van der Waals surface area contributed by atoms with Gasteiger partial charge in [0, 0.05) is 19.1 Å². The summed E-state index contributed by atoms with van der Waals surface area (Å²) in [5.41, 5.74) is 5.12. The second kappa shape index (κ2) is 14.9. The minimum Gasteiger partial charge on any atom is -0.527 e. The van der Waals surface area contributed by atoms with E-state index in [9.17, 15) is 14.4 Å². The summed E-state index contributed by atoms with van der Waals surface area (Å²) in [7, 11) is 0. The molecule has 0 saturated carbocycles. The van der Waals surface area contributed by atoms with Crippen LogP contribution >= 0.6 is 0 Å². The van der Waals surface area contributed by atoms with Crippen LogP contribution in [0.15, 0.2) is 0 Å². The van der Waals surface area contributed by atoms with Crippen molar-refractivity contribution >= 4 is 18.8 Å². The minimum absolute atomic E-state index is 0. The Bertz CT molecular complexity index is 192. The van der Waals surface area contributed by atoms with E-state index >= 15 is 0 Å². The van der Waals surface area contributed by atoms with Crippen molar-refractivity contribution in [3.05, 3.63) is 0 Å². The smallest absolute Gasteiger partial charge is 0.305 e. The van der Waals surface area contributed by atoms with Crippen molar-refractivity contribution in [3.63, 3.8) is 0 Å². The summed E-state index contributed by atoms with van der Waals surface area (Å²) >= 11 is 0. The zero-order chi connectivity index (χ0) is 12.1. The Hall–Kier alpha value is -2.63. The standard InChI is InChI=1S/C4H9N2O.C4H7NO3.Fm/c1-4(2-5)6-3-7;6-3-5-2-1-4(7)8;/h4H,2,5H2,1H3,(H,6,7);3H,1-2H2,(H,5,6)(H,7,8);/q-1;;. The van der Waals surface area contributed by atoms with Crippen LogP contribution in [0, 0.1) is 0 Å². The van der Waals surface area contributed by atoms with Crippen LogP contribution in [0.5, 0.6) is 0 Å². The quantitative estimate of drug-likeness (QED) is 0.150. The molecule has 2 amide bonds. The molecule has 0 heterocycles. The average molecular weight is 475 g/mol. The van der Waals surface area contributed by atoms with Crippen LogP contribution in [0.2, 0.25) is 0 Å². The van der Waals surface area contributed by atoms with Crippen LogP contribution in [0.4, 0.5) is 0 Å². The van der Waals surface area contributed by atoms with E-state index in [1.54, 1.807) is 0 Å². The van der Waals surface area contributed by atoms with E-state index in [0.717, 1.165) is 0 Å². The Morgan fingerprint density at radius 1 is 1.62 bits per heavy atom. The van der Waals surface area contributed by atoms with Gasteiger partial charge in [0.05, 0.1) is 6.42 Å². The summed E-state index contributed by atoms with van der Waals surface area (Å²) < 4.78 is 0. The maximum absolute atomic E-state index is 9.72. The van der Waals surface area contributed by atoms with Gasteiger partial charge in [0.15, 0.2) is 0 Å². The molecular formula is C8H16FmN3O4-. The van der Waals surface area contributed by atoms with Crippen LogP contribution in [0.3, 0.4) is 0 Å². The van der Waals surface area contributed by atoms with E-state index in [1.807, 2.05) is 6.92 Å². The van der Waals surface area contributed by atoms with E-state index in [-0.39, 0.29) is 19.0 Å². The Kier molecular flexibility index (Phi) is 17.7. The number of carbonyl (C=O) groups excluding carboxylic acids is 2. The van der Waals surface area contributed by atoms with Gasteiger partial charge in [-0.3, -0.25) is 9.59 Å². The van der Waals surface area contributed by atoms with Crippen LogP contribution in [-0.4, -0.2) is 43.0 Å². The van der Waals surface area contributed by atoms with Crippen molar-refractivity contribution in [1.82, 2.24) is 10.6 Å². The molecule has 0 aliphatic carbocycles. The molecule has 0 aromatic carbocycles. The van der Waals surface area contributed by atoms with E-state index in [1.165, 1.54) is 6.41 Å². The number of nitrogens with two attached hydrogens (primary N) is 1. The molecule has 0 aromatic rings. The minimum atomic E-state index is -0.903. The van der Waals surface area contributed by atoms with E-state index in [2.05, 4.69) is 10.6 Å². The number of carboxylic acids is 1. The molecule has 100 valence electrons. The van der Waals surface area contributed by atoms with Crippen molar-refractivity contribution in [3.8, 4) is 0 Å². The molecule has 1 unspecified atom stereocenters. The van der Waals surface area contributed by atoms with E-state index in [4.69, 9.17) is 10.8 Å². The van der Waals surface area contributed by atoms with Gasteiger partial charge in [0.2, 0.25) is 6.41 Å². The monoisotopic (exact) mass is 475 g/mol. The average Bonchev–Trinajstić information content (AvgIpc) is 2.19. The molecule has 7 nitrogen and oxygen atoms in total. The first-order valence-corrected chi connectivity index (χ1v) is 4.30. The summed E-state index contributed by atoms with van der Waals surface area (Å²) in [6.45, 7) is 2.49. The molecule has 1 atom stereocenters. The molecule has 0 aliphatic heterocycles. The van der Waals surface area contributed by atoms with Crippen molar-refractivity contribution < 1.29 is 19.5 Å². The second-order valence-electron chi connectivity index (χ2n) is 2.60. The van der Waals surface area contributed by atoms with Gasteiger partial charge in [-0.05, 0) is 6.92 Å². The molecule has 0 saturated heterocycles. The van der Waals surface area contributed by atoms with Crippen molar-refractivity contribution in [2.75, 3.05) is 13.1 Å². The molecule has 0 fully saturated rings. The van der Waals surface area contributed by atoms with Crippen molar-refractivity contribution in [2.45, 2.75) is 19.4 Å². The van der Waals surface area contributed by atoms with Gasteiger partial charge in [-0.25, -0.2) is 0 Å². The first-order chi connectivity index (χ1) is 7.08. The normalized spacial score (nSPS) is 9.62. The van der Waals surface area contributed by atoms with E-state index in [0.29, 0.717) is 13.0 Å². The predicted molar refractivity (Wildman–Crippen MR) is 53.7 cm³/mol. The Morgan fingerprint density at radius 2 is 2.19 bits per heavy atom. The van der Waals surface area contributed by atoms with Crippen molar-refractivity contribution in [1.29, 1.82) is 0 Å². The van der Waals surface area contributed by atoms with Gasteiger partial charge in [0.25, 0.3) is 0 Å². The Morgan fingerprint density at radius 3 is 2.44 bits per heavy atom. The number of carbonyl (C=O) groups is 2. The number of hydrogen-bond donors (Lipinski definition) is 4. The third-order valence-electron chi connectivity index (χ3n) is 1.23. The van der Waals surface area contributed by atoms with Gasteiger partial charge in [-0.2, -0.15) is 6.41 Å². The van der Waals surface area contributed by atoms with Gasteiger partial charge in [-0.15, -0.1) is 0 Å². The summed E-state index contributed by atoms with van der Waals surface area (Å²) in [5, 5.41) is 12.6. The number of aliphatic carboxylic acids is 1. The molecular weight excluding hydrogens is 459 g/mol. The SMILES string of the molecule is CC(CN)N[C-]=O.O=CNCCC(=O)O.[Fm]. The fraction of sp³-hybridized carbons (Fsp3) is 0.625. The molecule has 16 heavy (non-hydrogen) atoms. The molecule has 0 rings (SSSR count). The number of hydrogen-bond acceptors (Lipinski definition) is 4. The largest absolute Gasteiger partial charge is 0.527 e. The number of amides is 2. The summed E-state index contributed by atoms with van der Waals surface area (Å²) in [4.78, 5) is 28.7. The fourth-order valence-corrected chi connectivity index (χ4v) is 0.398. The van der Waals surface area contributed by atoms with Gasteiger partial charge < -0.3 is 26.3 Å². The zero-order valence-electron chi connectivity index (χ0n) is 8.81. The summed E-state index contributed by atoms with van der Waals surface area (Å²) in [6, 6.07) is 0.0532.